The van der Waals surface area contributed by atoms with Gasteiger partial charge in [0.15, 0.2) is 0 Å². The minimum atomic E-state index is -4.59. The first-order chi connectivity index (χ1) is 13.2. The highest BCUT2D eigenvalue weighted by molar-refractivity contribution is 5.82. The zero-order valence-electron chi connectivity index (χ0n) is 14.7. The molecule has 3 aliphatic rings. The average Bonchev–Trinajstić information content (AvgIpc) is 2.94. The van der Waals surface area contributed by atoms with E-state index in [9.17, 15) is 27.2 Å². The summed E-state index contributed by atoms with van der Waals surface area (Å²) in [5.74, 6) is -1.16. The maximum absolute atomic E-state index is 13.8. The fraction of sp³-hybridized carbons (Fsp3) is 0.556. The quantitative estimate of drug-likeness (QED) is 0.786. The van der Waals surface area contributed by atoms with Gasteiger partial charge in [0.05, 0.1) is 23.8 Å². The smallest absolute Gasteiger partial charge is 0.416 e. The van der Waals surface area contributed by atoms with Crippen molar-refractivity contribution in [2.45, 2.75) is 37.3 Å². The number of cyclic esters (lactones) is 1. The summed E-state index contributed by atoms with van der Waals surface area (Å²) in [7, 11) is 0. The summed E-state index contributed by atoms with van der Waals surface area (Å²) in [5.41, 5.74) is -1.43. The van der Waals surface area contributed by atoms with Gasteiger partial charge >= 0.3 is 12.3 Å². The second kappa shape index (κ2) is 6.61. The second-order valence-corrected chi connectivity index (χ2v) is 7.57. The molecular weight excluding hydrogens is 384 g/mol. The summed E-state index contributed by atoms with van der Waals surface area (Å²) in [6, 6.07) is 2.33. The van der Waals surface area contributed by atoms with E-state index in [4.69, 9.17) is 9.47 Å². The maximum atomic E-state index is 13.8. The standard InChI is InChI=1S/C18H18F4N2O4/c19-14-3-12(18(20,21)22)2-1-10(14)8-27-13-6-24(7-13)15(25)11-4-17(5-11)9-28-16(26)23-17/h1-3,11,13H,4-9H2,(H,23,26). The zero-order chi connectivity index (χ0) is 20.1. The highest BCUT2D eigenvalue weighted by Crippen LogP contribution is 2.42. The number of hydrogen-bond acceptors (Lipinski definition) is 4. The van der Waals surface area contributed by atoms with Crippen molar-refractivity contribution in [1.82, 2.24) is 10.2 Å². The molecule has 0 radical (unpaired) electrons. The number of alkyl carbamates (subject to hydrolysis) is 1. The molecule has 0 bridgehead atoms. The summed E-state index contributed by atoms with van der Waals surface area (Å²) in [6.07, 6.45) is -4.26. The van der Waals surface area contributed by atoms with E-state index in [2.05, 4.69) is 5.32 Å². The molecule has 1 spiro atoms. The summed E-state index contributed by atoms with van der Waals surface area (Å²) in [6.45, 7) is 0.827. The van der Waals surface area contributed by atoms with Crippen LogP contribution in [0.3, 0.4) is 0 Å². The lowest BCUT2D eigenvalue weighted by atomic mass is 9.68. The van der Waals surface area contributed by atoms with Gasteiger partial charge in [-0.2, -0.15) is 13.2 Å². The Morgan fingerprint density at radius 1 is 1.32 bits per heavy atom. The van der Waals surface area contributed by atoms with Crippen LogP contribution in [0.5, 0.6) is 0 Å². The number of rotatable bonds is 4. The van der Waals surface area contributed by atoms with E-state index < -0.39 is 29.2 Å². The van der Waals surface area contributed by atoms with Gasteiger partial charge < -0.3 is 19.7 Å². The third-order valence-electron chi connectivity index (χ3n) is 5.48. The maximum Gasteiger partial charge on any atom is 0.416 e. The number of benzene rings is 1. The number of alkyl halides is 3. The van der Waals surface area contributed by atoms with E-state index in [1.54, 1.807) is 4.90 Å². The Balaban J connectivity index is 1.21. The van der Waals surface area contributed by atoms with Crippen molar-refractivity contribution in [2.24, 2.45) is 5.92 Å². The molecule has 2 aliphatic heterocycles. The van der Waals surface area contributed by atoms with Crippen LogP contribution in [0.2, 0.25) is 0 Å². The Bertz CT molecular complexity index is 801. The first-order valence-electron chi connectivity index (χ1n) is 8.86. The van der Waals surface area contributed by atoms with Crippen LogP contribution in [0.4, 0.5) is 22.4 Å². The van der Waals surface area contributed by atoms with E-state index in [1.807, 2.05) is 0 Å². The van der Waals surface area contributed by atoms with Gasteiger partial charge in [0.1, 0.15) is 12.4 Å². The number of carbonyl (C=O) groups excluding carboxylic acids is 2. The zero-order valence-corrected chi connectivity index (χ0v) is 14.7. The van der Waals surface area contributed by atoms with E-state index in [0.29, 0.717) is 32.0 Å². The summed E-state index contributed by atoms with van der Waals surface area (Å²) < 4.78 is 61.8. The van der Waals surface area contributed by atoms with Crippen molar-refractivity contribution in [3.63, 3.8) is 0 Å². The van der Waals surface area contributed by atoms with Crippen LogP contribution in [0.15, 0.2) is 18.2 Å². The Hall–Kier alpha value is -2.36. The summed E-state index contributed by atoms with van der Waals surface area (Å²) in [5, 5.41) is 2.73. The van der Waals surface area contributed by atoms with Gasteiger partial charge in [0.2, 0.25) is 5.91 Å². The Morgan fingerprint density at radius 3 is 2.61 bits per heavy atom. The molecule has 2 saturated heterocycles. The molecule has 2 heterocycles. The molecule has 0 unspecified atom stereocenters. The second-order valence-electron chi connectivity index (χ2n) is 7.57. The van der Waals surface area contributed by atoms with E-state index >= 15 is 0 Å². The first kappa shape index (κ1) is 19.0. The van der Waals surface area contributed by atoms with Gasteiger partial charge in [-0.15, -0.1) is 0 Å². The van der Waals surface area contributed by atoms with E-state index in [1.165, 1.54) is 0 Å². The molecule has 2 amide bonds. The minimum absolute atomic E-state index is 0.0210. The van der Waals surface area contributed by atoms with Gasteiger partial charge in [-0.3, -0.25) is 4.79 Å². The number of carbonyl (C=O) groups is 2. The highest BCUT2D eigenvalue weighted by Gasteiger charge is 2.54. The van der Waals surface area contributed by atoms with Gasteiger partial charge in [-0.1, -0.05) is 6.07 Å². The van der Waals surface area contributed by atoms with Crippen LogP contribution in [0.1, 0.15) is 24.0 Å². The first-order valence-corrected chi connectivity index (χ1v) is 8.86. The molecule has 6 nitrogen and oxygen atoms in total. The third kappa shape index (κ3) is 3.52. The lowest BCUT2D eigenvalue weighted by molar-refractivity contribution is -0.155. The molecule has 1 aliphatic carbocycles. The molecule has 1 saturated carbocycles. The van der Waals surface area contributed by atoms with Crippen molar-refractivity contribution in [3.8, 4) is 0 Å². The molecule has 0 atom stereocenters. The van der Waals surface area contributed by atoms with Crippen LogP contribution < -0.4 is 5.32 Å². The van der Waals surface area contributed by atoms with Gasteiger partial charge in [0, 0.05) is 24.6 Å². The minimum Gasteiger partial charge on any atom is -0.447 e. The number of nitrogens with one attached hydrogen (secondary N) is 1. The van der Waals surface area contributed by atoms with Crippen LogP contribution in [-0.2, 0) is 27.1 Å². The Kier molecular flexibility index (Phi) is 4.48. The third-order valence-corrected chi connectivity index (χ3v) is 5.48. The number of hydrogen-bond donors (Lipinski definition) is 1. The van der Waals surface area contributed by atoms with Crippen LogP contribution in [0.25, 0.3) is 0 Å². The van der Waals surface area contributed by atoms with Gasteiger partial charge in [0.25, 0.3) is 0 Å². The molecule has 10 heteroatoms. The molecule has 152 valence electrons. The predicted molar refractivity (Wildman–Crippen MR) is 86.5 cm³/mol. The van der Waals surface area contributed by atoms with Crippen LogP contribution in [0, 0.1) is 11.7 Å². The van der Waals surface area contributed by atoms with Gasteiger partial charge in [-0.05, 0) is 25.0 Å². The number of halogens is 4. The molecular formula is C18H18F4N2O4. The van der Waals surface area contributed by atoms with Crippen molar-refractivity contribution in [3.05, 3.63) is 35.1 Å². The van der Waals surface area contributed by atoms with Crippen molar-refractivity contribution in [2.75, 3.05) is 19.7 Å². The largest absolute Gasteiger partial charge is 0.447 e. The monoisotopic (exact) mass is 402 g/mol. The van der Waals surface area contributed by atoms with Crippen molar-refractivity contribution in [1.29, 1.82) is 0 Å². The molecule has 28 heavy (non-hydrogen) atoms. The van der Waals surface area contributed by atoms with Crippen LogP contribution in [-0.4, -0.2) is 48.2 Å². The molecule has 3 fully saturated rings. The Morgan fingerprint density at radius 2 is 2.04 bits per heavy atom. The molecule has 0 aromatic heterocycles. The Labute approximate surface area is 157 Å². The normalized spacial score (nSPS) is 27.2. The number of ether oxygens (including phenoxy) is 2. The molecule has 1 N–H and O–H groups in total. The fourth-order valence-electron chi connectivity index (χ4n) is 3.80. The number of amides is 2. The van der Waals surface area contributed by atoms with Crippen molar-refractivity contribution < 1.29 is 36.6 Å². The van der Waals surface area contributed by atoms with Crippen LogP contribution >= 0.6 is 0 Å². The lowest BCUT2D eigenvalue weighted by Crippen LogP contribution is -2.62. The number of nitrogens with zero attached hydrogens (tertiary/aromatic N) is 1. The summed E-state index contributed by atoms with van der Waals surface area (Å²) >= 11 is 0. The van der Waals surface area contributed by atoms with E-state index in [-0.39, 0.29) is 36.7 Å². The van der Waals surface area contributed by atoms with E-state index in [0.717, 1.165) is 12.1 Å². The van der Waals surface area contributed by atoms with Crippen molar-refractivity contribution >= 4 is 12.0 Å². The SMILES string of the molecule is O=C1NC2(CO1)CC(C(=O)N1CC(OCc3ccc(C(F)(F)F)cc3F)C1)C2. The topological polar surface area (TPSA) is 67.9 Å². The average molecular weight is 402 g/mol. The highest BCUT2D eigenvalue weighted by atomic mass is 19.4. The summed E-state index contributed by atoms with van der Waals surface area (Å²) in [4.78, 5) is 25.1. The molecule has 1 aromatic carbocycles. The molecule has 1 aromatic rings. The van der Waals surface area contributed by atoms with Gasteiger partial charge in [-0.25, -0.2) is 9.18 Å². The predicted octanol–water partition coefficient (Wildman–Crippen LogP) is 2.46. The number of likely N-dealkylation sites (tertiary alicyclic amines) is 1. The lowest BCUT2D eigenvalue weighted by Gasteiger charge is -2.47. The molecule has 4 rings (SSSR count). The fourth-order valence-corrected chi connectivity index (χ4v) is 3.80.